The Morgan fingerprint density at radius 3 is 2.28 bits per heavy atom. The average molecular weight is 544 g/mol. The standard InChI is InChI=1S/C18H19BrN4O6S.2Na/c1-11-4-6-13(30(28,29)22(2)3)9-15(11)21-23(20-10-17(24)25)16-7-5-12(19)8-14(16)18(26)27;;/h4-9H,10H2,1-3H3,(H2-,20,21,24,25,26,27);;/q;2*+1/p-1. The van der Waals surface area contributed by atoms with E-state index < -0.39 is 28.5 Å². The Morgan fingerprint density at radius 1 is 1.12 bits per heavy atom. The van der Waals surface area contributed by atoms with Crippen molar-refractivity contribution in [3.05, 3.63) is 52.0 Å². The number of benzene rings is 2. The van der Waals surface area contributed by atoms with Crippen molar-refractivity contribution < 1.29 is 92.1 Å². The first-order valence-electron chi connectivity index (χ1n) is 8.41. The second kappa shape index (κ2) is 13.2. The van der Waals surface area contributed by atoms with Gasteiger partial charge in [-0.05, 0) is 41.9 Å². The number of aliphatic carboxylic acids is 1. The fourth-order valence-corrected chi connectivity index (χ4v) is 3.65. The van der Waals surface area contributed by atoms with E-state index >= 15 is 0 Å². The van der Waals surface area contributed by atoms with Crippen LogP contribution in [0.2, 0.25) is 0 Å². The maximum Gasteiger partial charge on any atom is 1.00 e. The Kier molecular flexibility index (Phi) is 12.8. The third-order valence-electron chi connectivity index (χ3n) is 3.96. The molecule has 0 atom stereocenters. The molecule has 10 nitrogen and oxygen atoms in total. The molecule has 160 valence electrons. The van der Waals surface area contributed by atoms with Gasteiger partial charge in [0.15, 0.2) is 0 Å². The van der Waals surface area contributed by atoms with Gasteiger partial charge in [0.2, 0.25) is 10.0 Å². The van der Waals surface area contributed by atoms with Crippen LogP contribution in [0, 0.1) is 6.92 Å². The molecule has 0 radical (unpaired) electrons. The number of carboxylic acid groups (broad SMARTS) is 2. The normalized spacial score (nSPS) is 11.3. The van der Waals surface area contributed by atoms with Gasteiger partial charge in [-0.3, -0.25) is 0 Å². The first-order valence-corrected chi connectivity index (χ1v) is 10.6. The molecule has 2 rings (SSSR count). The Balaban J connectivity index is 0.00000480. The largest absolute Gasteiger partial charge is 1.00 e. The number of aryl methyl sites for hydroxylation is 1. The van der Waals surface area contributed by atoms with Crippen molar-refractivity contribution in [3.8, 4) is 0 Å². The van der Waals surface area contributed by atoms with Gasteiger partial charge in [-0.15, -0.1) is 5.43 Å². The van der Waals surface area contributed by atoms with Crippen LogP contribution < -0.4 is 74.8 Å². The van der Waals surface area contributed by atoms with Gasteiger partial charge in [0.05, 0.1) is 22.4 Å². The Morgan fingerprint density at radius 2 is 1.75 bits per heavy atom. The van der Waals surface area contributed by atoms with Crippen molar-refractivity contribution in [1.82, 2.24) is 4.31 Å². The Bertz CT molecular complexity index is 1140. The minimum Gasteiger partial charge on any atom is -0.548 e. The number of hydrogen-bond donors (Lipinski definition) is 1. The van der Waals surface area contributed by atoms with Gasteiger partial charge in [-0.25, -0.2) is 12.7 Å². The molecule has 0 bridgehead atoms. The van der Waals surface area contributed by atoms with Crippen LogP contribution >= 0.6 is 15.9 Å². The summed E-state index contributed by atoms with van der Waals surface area (Å²) in [7, 11) is -0.966. The fourth-order valence-electron chi connectivity index (χ4n) is 2.36. The number of nitrogens with one attached hydrogen (secondary N) is 1. The summed E-state index contributed by atoms with van der Waals surface area (Å²) < 4.78 is 26.4. The van der Waals surface area contributed by atoms with Crippen molar-refractivity contribution >= 4 is 49.3 Å². The molecule has 0 fully saturated rings. The van der Waals surface area contributed by atoms with E-state index in [0.29, 0.717) is 10.0 Å². The minimum atomic E-state index is -3.74. The molecule has 0 aliphatic rings. The number of carbonyl (C=O) groups is 2. The second-order valence-corrected chi connectivity index (χ2v) is 9.38. The number of rotatable bonds is 8. The quantitative estimate of drug-likeness (QED) is 0.151. The van der Waals surface area contributed by atoms with Gasteiger partial charge >= 0.3 is 59.1 Å². The number of carbonyl (C=O) groups excluding carboxylic acids is 2. The van der Waals surface area contributed by atoms with Crippen LogP contribution in [-0.2, 0) is 14.8 Å². The van der Waals surface area contributed by atoms with E-state index in [1.807, 2.05) is 0 Å². The van der Waals surface area contributed by atoms with Gasteiger partial charge in [0, 0.05) is 29.4 Å². The van der Waals surface area contributed by atoms with Crippen LogP contribution in [0.3, 0.4) is 0 Å². The number of carboxylic acids is 2. The predicted molar refractivity (Wildman–Crippen MR) is 106 cm³/mol. The van der Waals surface area contributed by atoms with Crippen molar-refractivity contribution in [2.75, 3.05) is 26.1 Å². The molecule has 0 unspecified atom stereocenters. The van der Waals surface area contributed by atoms with Gasteiger partial charge in [-0.2, -0.15) is 0 Å². The van der Waals surface area contributed by atoms with E-state index in [-0.39, 0.29) is 80.9 Å². The molecule has 0 saturated heterocycles. The van der Waals surface area contributed by atoms with Crippen molar-refractivity contribution in [2.45, 2.75) is 11.8 Å². The molecule has 0 aliphatic carbocycles. The topological polar surface area (TPSA) is 145 Å². The van der Waals surface area contributed by atoms with Crippen molar-refractivity contribution in [1.29, 1.82) is 0 Å². The molecule has 2 aromatic rings. The SMILES string of the molecule is Cc1ccc(S(=O)(=O)N(C)C)cc1N[N+](=NCC(=O)[O-])c1ccc(Br)cc1C(=O)[O-].[Na+].[Na+]. The molecular weight excluding hydrogens is 526 g/mol. The van der Waals surface area contributed by atoms with Crippen molar-refractivity contribution in [2.24, 2.45) is 5.11 Å². The Hall–Kier alpha value is -0.830. The van der Waals surface area contributed by atoms with Crippen LogP contribution in [-0.4, -0.2) is 50.1 Å². The molecule has 0 aromatic heterocycles. The summed E-state index contributed by atoms with van der Waals surface area (Å²) in [5, 5.41) is 26.3. The molecule has 0 saturated carbocycles. The predicted octanol–water partition coefficient (Wildman–Crippen LogP) is -5.75. The first kappa shape index (κ1) is 31.2. The number of aromatic carboxylic acids is 1. The number of halogens is 1. The molecule has 14 heteroatoms. The molecular formula is C18H18BrN4Na2O6S+. The van der Waals surface area contributed by atoms with E-state index in [0.717, 1.165) is 9.11 Å². The molecule has 0 spiro atoms. The van der Waals surface area contributed by atoms with Gasteiger partial charge in [-0.1, -0.05) is 22.0 Å². The molecule has 0 amide bonds. The smallest absolute Gasteiger partial charge is 0.548 e. The van der Waals surface area contributed by atoms with Crippen LogP contribution in [0.25, 0.3) is 0 Å². The summed E-state index contributed by atoms with van der Waals surface area (Å²) in [4.78, 5) is 23.4. The van der Waals surface area contributed by atoms with E-state index in [9.17, 15) is 28.2 Å². The van der Waals surface area contributed by atoms with Crippen LogP contribution in [0.5, 0.6) is 0 Å². The zero-order valence-corrected chi connectivity index (χ0v) is 24.7. The third-order valence-corrected chi connectivity index (χ3v) is 6.27. The molecule has 0 heterocycles. The Labute approximate surface area is 238 Å². The van der Waals surface area contributed by atoms with Crippen LogP contribution in [0.4, 0.5) is 11.4 Å². The zero-order valence-electron chi connectivity index (χ0n) is 18.2. The van der Waals surface area contributed by atoms with Crippen molar-refractivity contribution in [3.63, 3.8) is 0 Å². The summed E-state index contributed by atoms with van der Waals surface area (Å²) >= 11 is 3.16. The number of azo groups is 1. The molecule has 1 N–H and O–H groups in total. The number of anilines is 1. The first-order chi connectivity index (χ1) is 13.9. The van der Waals surface area contributed by atoms with E-state index in [1.54, 1.807) is 13.0 Å². The average Bonchev–Trinajstić information content (AvgIpc) is 2.66. The third kappa shape index (κ3) is 7.89. The van der Waals surface area contributed by atoms with E-state index in [1.165, 1.54) is 44.4 Å². The maximum atomic E-state index is 12.4. The summed E-state index contributed by atoms with van der Waals surface area (Å²) in [6.45, 7) is 0.914. The summed E-state index contributed by atoms with van der Waals surface area (Å²) in [6, 6.07) is 8.50. The van der Waals surface area contributed by atoms with Crippen LogP contribution in [0.15, 0.2) is 50.9 Å². The number of nitrogens with zero attached hydrogens (tertiary/aromatic N) is 3. The maximum absolute atomic E-state index is 12.4. The van der Waals surface area contributed by atoms with E-state index in [2.05, 4.69) is 26.5 Å². The second-order valence-electron chi connectivity index (χ2n) is 6.31. The summed E-state index contributed by atoms with van der Waals surface area (Å²) in [5.74, 6) is -3.00. The van der Waals surface area contributed by atoms with E-state index in [4.69, 9.17) is 0 Å². The van der Waals surface area contributed by atoms with Crippen LogP contribution in [0.1, 0.15) is 15.9 Å². The molecule has 0 aliphatic heterocycles. The number of hydrazine groups is 1. The fraction of sp³-hybridized carbons (Fsp3) is 0.222. The summed E-state index contributed by atoms with van der Waals surface area (Å²) in [5.41, 5.74) is 3.36. The summed E-state index contributed by atoms with van der Waals surface area (Å²) in [6.07, 6.45) is 0. The number of hydrogen-bond acceptors (Lipinski definition) is 7. The van der Waals surface area contributed by atoms with Gasteiger partial charge in [0.1, 0.15) is 12.2 Å². The van der Waals surface area contributed by atoms with Gasteiger partial charge < -0.3 is 19.8 Å². The van der Waals surface area contributed by atoms with Gasteiger partial charge in [0.25, 0.3) is 5.69 Å². The number of sulfonamides is 1. The zero-order chi connectivity index (χ0) is 22.6. The molecule has 2 aromatic carbocycles. The monoisotopic (exact) mass is 543 g/mol. The molecule has 32 heavy (non-hydrogen) atoms. The minimum absolute atomic E-state index is 0.